The van der Waals surface area contributed by atoms with Gasteiger partial charge < -0.3 is 9.80 Å². The average molecular weight is 569 g/mol. The van der Waals surface area contributed by atoms with E-state index >= 15 is 0 Å². The Balaban J connectivity index is 1.17. The molecule has 10 heteroatoms. The molecule has 0 unspecified atom stereocenters. The van der Waals surface area contributed by atoms with Gasteiger partial charge >= 0.3 is 0 Å². The van der Waals surface area contributed by atoms with Crippen molar-refractivity contribution in [1.29, 1.82) is 0 Å². The molecule has 0 atom stereocenters. The molecule has 206 valence electrons. The van der Waals surface area contributed by atoms with Gasteiger partial charge in [0.05, 0.1) is 11.4 Å². The number of carbonyl (C=O) groups excluding carboxylic acids is 1. The Hall–Kier alpha value is -4.57. The number of hydrogen-bond acceptors (Lipinski definition) is 6. The highest BCUT2D eigenvalue weighted by molar-refractivity contribution is 7.98. The smallest absolute Gasteiger partial charge is 0.253 e. The molecule has 1 fully saturated rings. The Morgan fingerprint density at radius 1 is 0.780 bits per heavy atom. The number of benzene rings is 3. The predicted molar refractivity (Wildman–Crippen MR) is 155 cm³/mol. The maximum Gasteiger partial charge on any atom is 0.253 e. The van der Waals surface area contributed by atoms with E-state index in [0.29, 0.717) is 59.9 Å². The summed E-state index contributed by atoms with van der Waals surface area (Å²) >= 11 is 1.41. The van der Waals surface area contributed by atoms with Gasteiger partial charge in [-0.25, -0.2) is 8.78 Å². The first-order valence-electron chi connectivity index (χ1n) is 13.2. The van der Waals surface area contributed by atoms with Crippen molar-refractivity contribution < 1.29 is 13.6 Å². The van der Waals surface area contributed by atoms with Gasteiger partial charge in [0.15, 0.2) is 11.0 Å². The minimum Gasteiger partial charge on any atom is -0.366 e. The molecule has 2 aromatic heterocycles. The minimum absolute atomic E-state index is 0.0560. The van der Waals surface area contributed by atoms with Crippen molar-refractivity contribution in [3.63, 3.8) is 0 Å². The fourth-order valence-corrected chi connectivity index (χ4v) is 5.77. The van der Waals surface area contributed by atoms with Gasteiger partial charge in [-0.15, -0.1) is 10.2 Å². The molecule has 3 heterocycles. The summed E-state index contributed by atoms with van der Waals surface area (Å²) in [6, 6.07) is 24.3. The molecular formula is C31H26F2N6OS. The van der Waals surface area contributed by atoms with Crippen molar-refractivity contribution in [2.75, 3.05) is 31.1 Å². The monoisotopic (exact) mass is 568 g/mol. The van der Waals surface area contributed by atoms with Crippen molar-refractivity contribution in [3.05, 3.63) is 120 Å². The summed E-state index contributed by atoms with van der Waals surface area (Å²) in [6.07, 6.45) is 3.32. The summed E-state index contributed by atoms with van der Waals surface area (Å²) in [5.41, 5.74) is 3.21. The third kappa shape index (κ3) is 5.69. The molecule has 5 aromatic rings. The first kappa shape index (κ1) is 26.6. The molecule has 0 N–H and O–H groups in total. The number of aromatic nitrogens is 4. The van der Waals surface area contributed by atoms with Crippen LogP contribution in [-0.4, -0.2) is 56.7 Å². The highest BCUT2D eigenvalue weighted by atomic mass is 32.2. The van der Waals surface area contributed by atoms with Crippen molar-refractivity contribution in [2.24, 2.45) is 0 Å². The molecule has 7 nitrogen and oxygen atoms in total. The summed E-state index contributed by atoms with van der Waals surface area (Å²) in [4.78, 5) is 21.2. The molecule has 0 bridgehead atoms. The van der Waals surface area contributed by atoms with Crippen LogP contribution in [0.3, 0.4) is 0 Å². The first-order valence-corrected chi connectivity index (χ1v) is 14.2. The number of rotatable bonds is 7. The number of pyridine rings is 1. The highest BCUT2D eigenvalue weighted by Gasteiger charge is 2.24. The molecule has 0 radical (unpaired) electrons. The largest absolute Gasteiger partial charge is 0.366 e. The molecule has 0 aliphatic carbocycles. The van der Waals surface area contributed by atoms with Gasteiger partial charge in [0.1, 0.15) is 11.6 Å². The summed E-state index contributed by atoms with van der Waals surface area (Å²) < 4.78 is 30.8. The zero-order valence-electron chi connectivity index (χ0n) is 22.0. The lowest BCUT2D eigenvalue weighted by atomic mass is 10.1. The molecule has 6 rings (SSSR count). The van der Waals surface area contributed by atoms with Crippen LogP contribution in [0.25, 0.3) is 17.1 Å². The van der Waals surface area contributed by atoms with E-state index in [1.165, 1.54) is 23.9 Å². The van der Waals surface area contributed by atoms with Crippen LogP contribution in [0.5, 0.6) is 0 Å². The maximum atomic E-state index is 14.9. The van der Waals surface area contributed by atoms with E-state index in [9.17, 15) is 13.6 Å². The molecule has 41 heavy (non-hydrogen) atoms. The zero-order chi connectivity index (χ0) is 28.2. The second kappa shape index (κ2) is 11.9. The Labute approximate surface area is 240 Å². The number of hydrogen-bond donors (Lipinski definition) is 0. The van der Waals surface area contributed by atoms with Gasteiger partial charge in [-0.1, -0.05) is 48.2 Å². The van der Waals surface area contributed by atoms with Crippen LogP contribution in [0.15, 0.2) is 102 Å². The quantitative estimate of drug-likeness (QED) is 0.229. The number of halogens is 2. The zero-order valence-corrected chi connectivity index (χ0v) is 22.8. The van der Waals surface area contributed by atoms with E-state index in [0.717, 1.165) is 11.1 Å². The van der Waals surface area contributed by atoms with Crippen LogP contribution < -0.4 is 4.90 Å². The second-order valence-electron chi connectivity index (χ2n) is 9.55. The first-order chi connectivity index (χ1) is 20.1. The number of para-hydroxylation sites is 2. The Bertz CT molecular complexity index is 1670. The summed E-state index contributed by atoms with van der Waals surface area (Å²) in [5.74, 6) is 0.326. The van der Waals surface area contributed by atoms with Gasteiger partial charge in [-0.05, 0) is 54.1 Å². The number of nitrogens with zero attached hydrogens (tertiary/aromatic N) is 6. The predicted octanol–water partition coefficient (Wildman–Crippen LogP) is 5.86. The number of amides is 1. The molecule has 1 aliphatic rings. The SMILES string of the molecule is O=C(c1cccc(CSc2nnc(-c3ccncc3)n2-c2ccccc2F)c1)N1CCN(c2ccccc2F)CC1. The van der Waals surface area contributed by atoms with E-state index in [1.54, 1.807) is 64.3 Å². The van der Waals surface area contributed by atoms with Gasteiger partial charge in [-0.3, -0.25) is 14.3 Å². The lowest BCUT2D eigenvalue weighted by Gasteiger charge is -2.36. The van der Waals surface area contributed by atoms with E-state index in [-0.39, 0.29) is 17.5 Å². The summed E-state index contributed by atoms with van der Waals surface area (Å²) in [7, 11) is 0. The fourth-order valence-electron chi connectivity index (χ4n) is 4.88. The Morgan fingerprint density at radius 2 is 1.46 bits per heavy atom. The van der Waals surface area contributed by atoms with Crippen LogP contribution in [0.2, 0.25) is 0 Å². The van der Waals surface area contributed by atoms with Crippen LogP contribution >= 0.6 is 11.8 Å². The molecule has 1 saturated heterocycles. The van der Waals surface area contributed by atoms with Gasteiger partial charge in [-0.2, -0.15) is 0 Å². The van der Waals surface area contributed by atoms with Crippen molar-refractivity contribution in [1.82, 2.24) is 24.6 Å². The molecule has 0 spiro atoms. The van der Waals surface area contributed by atoms with Gasteiger partial charge in [0.25, 0.3) is 5.91 Å². The van der Waals surface area contributed by atoms with Crippen LogP contribution in [0.1, 0.15) is 15.9 Å². The molecule has 1 amide bonds. The van der Waals surface area contributed by atoms with Crippen LogP contribution in [0.4, 0.5) is 14.5 Å². The van der Waals surface area contributed by atoms with Crippen molar-refractivity contribution in [3.8, 4) is 17.1 Å². The van der Waals surface area contributed by atoms with E-state index in [1.807, 2.05) is 35.2 Å². The third-order valence-electron chi connectivity index (χ3n) is 6.97. The van der Waals surface area contributed by atoms with E-state index in [2.05, 4.69) is 15.2 Å². The summed E-state index contributed by atoms with van der Waals surface area (Å²) in [6.45, 7) is 2.15. The third-order valence-corrected chi connectivity index (χ3v) is 7.97. The van der Waals surface area contributed by atoms with Crippen LogP contribution in [-0.2, 0) is 5.75 Å². The van der Waals surface area contributed by atoms with Crippen LogP contribution in [0, 0.1) is 11.6 Å². The van der Waals surface area contributed by atoms with Crippen molar-refractivity contribution >= 4 is 23.4 Å². The van der Waals surface area contributed by atoms with Crippen molar-refractivity contribution in [2.45, 2.75) is 10.9 Å². The normalized spacial score (nSPS) is 13.4. The Kier molecular flexibility index (Phi) is 7.73. The molecular weight excluding hydrogens is 542 g/mol. The maximum absolute atomic E-state index is 14.9. The average Bonchev–Trinajstić information content (AvgIpc) is 3.44. The summed E-state index contributed by atoms with van der Waals surface area (Å²) in [5, 5.41) is 9.27. The highest BCUT2D eigenvalue weighted by Crippen LogP contribution is 2.31. The topological polar surface area (TPSA) is 67.2 Å². The number of thioether (sulfide) groups is 1. The fraction of sp³-hybridized carbons (Fsp3) is 0.161. The minimum atomic E-state index is -0.382. The van der Waals surface area contributed by atoms with E-state index in [4.69, 9.17) is 0 Å². The molecule has 0 saturated carbocycles. The number of anilines is 1. The van der Waals surface area contributed by atoms with Gasteiger partial charge in [0.2, 0.25) is 0 Å². The second-order valence-corrected chi connectivity index (χ2v) is 10.5. The molecule has 1 aliphatic heterocycles. The lowest BCUT2D eigenvalue weighted by molar-refractivity contribution is 0.0746. The van der Waals surface area contributed by atoms with E-state index < -0.39 is 0 Å². The number of carbonyl (C=O) groups is 1. The lowest BCUT2D eigenvalue weighted by Crippen LogP contribution is -2.49. The Morgan fingerprint density at radius 3 is 2.17 bits per heavy atom. The molecule has 3 aromatic carbocycles. The van der Waals surface area contributed by atoms with Gasteiger partial charge in [0, 0.05) is 55.5 Å². The standard InChI is InChI=1S/C31H26F2N6OS/c32-25-8-1-3-10-27(25)37-16-18-38(19-17-37)30(40)24-7-5-6-22(20-24)21-41-31-36-35-29(23-12-14-34-15-13-23)39(31)28-11-4-2-9-26(28)33/h1-15,20H,16-19,21H2. The number of piperazine rings is 1.